The summed E-state index contributed by atoms with van der Waals surface area (Å²) in [6, 6.07) is 0. The third-order valence-corrected chi connectivity index (χ3v) is 5.00. The quantitative estimate of drug-likeness (QED) is 0.254. The van der Waals surface area contributed by atoms with Crippen LogP contribution in [0.1, 0.15) is 90.4 Å². The fraction of sp³-hybridized carbons (Fsp3) is 0.810. The van der Waals surface area contributed by atoms with E-state index in [2.05, 4.69) is 6.92 Å². The van der Waals surface area contributed by atoms with Gasteiger partial charge in [-0.3, -0.25) is 9.59 Å². The number of ether oxygens (including phenoxy) is 1. The summed E-state index contributed by atoms with van der Waals surface area (Å²) in [5, 5.41) is 9.19. The monoisotopic (exact) mass is 352 g/mol. The Hall–Kier alpha value is -1.32. The van der Waals surface area contributed by atoms with E-state index in [1.807, 2.05) is 6.08 Å². The van der Waals surface area contributed by atoms with Crippen molar-refractivity contribution in [2.24, 2.45) is 11.8 Å². The first-order valence-electron chi connectivity index (χ1n) is 10.2. The minimum atomic E-state index is -0.902. The zero-order chi connectivity index (χ0) is 18.3. The molecular formula is C21H36O4. The molecule has 0 saturated heterocycles. The summed E-state index contributed by atoms with van der Waals surface area (Å²) in [4.78, 5) is 23.3. The Morgan fingerprint density at radius 1 is 0.960 bits per heavy atom. The summed E-state index contributed by atoms with van der Waals surface area (Å²) in [6.07, 6.45) is 18.6. The maximum absolute atomic E-state index is 12.1. The van der Waals surface area contributed by atoms with Crippen LogP contribution in [0.2, 0.25) is 0 Å². The third-order valence-electron chi connectivity index (χ3n) is 5.00. The number of allylic oxidation sites excluding steroid dienone is 1. The van der Waals surface area contributed by atoms with Gasteiger partial charge in [-0.1, -0.05) is 83.3 Å². The van der Waals surface area contributed by atoms with Gasteiger partial charge in [0.15, 0.2) is 0 Å². The van der Waals surface area contributed by atoms with E-state index < -0.39 is 17.8 Å². The Balaban J connectivity index is 1.98. The maximum atomic E-state index is 12.1. The molecule has 2 unspecified atom stereocenters. The SMILES string of the molecule is CCCCCCCCCCCCCOC(=O)C1C=CCCC1C(=O)O. The van der Waals surface area contributed by atoms with Crippen molar-refractivity contribution >= 4 is 11.9 Å². The maximum Gasteiger partial charge on any atom is 0.313 e. The largest absolute Gasteiger partial charge is 0.481 e. The van der Waals surface area contributed by atoms with Gasteiger partial charge in [-0.2, -0.15) is 0 Å². The smallest absolute Gasteiger partial charge is 0.313 e. The fourth-order valence-electron chi connectivity index (χ4n) is 3.39. The second-order valence-corrected chi connectivity index (χ2v) is 7.18. The molecule has 144 valence electrons. The lowest BCUT2D eigenvalue weighted by Crippen LogP contribution is -2.31. The van der Waals surface area contributed by atoms with Crippen molar-refractivity contribution in [3.05, 3.63) is 12.2 Å². The zero-order valence-corrected chi connectivity index (χ0v) is 15.9. The predicted octanol–water partition coefficient (Wildman–Crippen LogP) is 5.51. The minimum Gasteiger partial charge on any atom is -0.481 e. The van der Waals surface area contributed by atoms with Gasteiger partial charge >= 0.3 is 11.9 Å². The molecule has 1 N–H and O–H groups in total. The molecule has 1 aliphatic carbocycles. The van der Waals surface area contributed by atoms with Crippen LogP contribution in [-0.4, -0.2) is 23.7 Å². The van der Waals surface area contributed by atoms with Gasteiger partial charge in [0.05, 0.1) is 18.4 Å². The summed E-state index contributed by atoms with van der Waals surface area (Å²) in [7, 11) is 0. The molecule has 0 aromatic heterocycles. The highest BCUT2D eigenvalue weighted by atomic mass is 16.5. The van der Waals surface area contributed by atoms with E-state index in [1.165, 1.54) is 57.8 Å². The first-order valence-corrected chi connectivity index (χ1v) is 10.2. The molecule has 0 saturated carbocycles. The van der Waals surface area contributed by atoms with Crippen LogP contribution >= 0.6 is 0 Å². The number of carboxylic acid groups (broad SMARTS) is 1. The van der Waals surface area contributed by atoms with Crippen molar-refractivity contribution < 1.29 is 19.4 Å². The topological polar surface area (TPSA) is 63.6 Å². The van der Waals surface area contributed by atoms with Crippen LogP contribution in [0.3, 0.4) is 0 Å². The standard InChI is InChI=1S/C21H36O4/c1-2-3-4-5-6-7-8-9-10-11-14-17-25-21(24)19-16-13-12-15-18(19)20(22)23/h13,16,18-19H,2-12,14-15,17H2,1H3,(H,22,23). The Morgan fingerprint density at radius 2 is 1.52 bits per heavy atom. The van der Waals surface area contributed by atoms with E-state index in [1.54, 1.807) is 6.08 Å². The number of esters is 1. The van der Waals surface area contributed by atoms with Gasteiger partial charge in [-0.25, -0.2) is 0 Å². The lowest BCUT2D eigenvalue weighted by atomic mass is 9.84. The van der Waals surface area contributed by atoms with Crippen LogP contribution in [0.5, 0.6) is 0 Å². The van der Waals surface area contributed by atoms with E-state index >= 15 is 0 Å². The third kappa shape index (κ3) is 9.66. The van der Waals surface area contributed by atoms with Gasteiger partial charge in [0.25, 0.3) is 0 Å². The number of carboxylic acids is 1. The number of carbonyl (C=O) groups excluding carboxylic acids is 1. The van der Waals surface area contributed by atoms with Gasteiger partial charge in [0, 0.05) is 0 Å². The molecule has 0 aromatic rings. The van der Waals surface area contributed by atoms with Crippen LogP contribution in [0.25, 0.3) is 0 Å². The number of aliphatic carboxylic acids is 1. The molecule has 0 fully saturated rings. The van der Waals surface area contributed by atoms with Crippen molar-refractivity contribution in [1.82, 2.24) is 0 Å². The number of unbranched alkanes of at least 4 members (excludes halogenated alkanes) is 10. The first-order chi connectivity index (χ1) is 12.2. The molecule has 1 rings (SSSR count). The van der Waals surface area contributed by atoms with Crippen molar-refractivity contribution in [3.8, 4) is 0 Å². The molecule has 0 heterocycles. The highest BCUT2D eigenvalue weighted by molar-refractivity contribution is 5.83. The molecule has 2 atom stereocenters. The summed E-state index contributed by atoms with van der Waals surface area (Å²) < 4.78 is 5.29. The van der Waals surface area contributed by atoms with Crippen LogP contribution in [0, 0.1) is 11.8 Å². The zero-order valence-electron chi connectivity index (χ0n) is 15.9. The van der Waals surface area contributed by atoms with Crippen molar-refractivity contribution in [1.29, 1.82) is 0 Å². The first kappa shape index (κ1) is 21.7. The van der Waals surface area contributed by atoms with Crippen LogP contribution in [-0.2, 0) is 14.3 Å². The predicted molar refractivity (Wildman–Crippen MR) is 100 cm³/mol. The van der Waals surface area contributed by atoms with Crippen molar-refractivity contribution in [2.45, 2.75) is 90.4 Å². The summed E-state index contributed by atoms with van der Waals surface area (Å²) >= 11 is 0. The van der Waals surface area contributed by atoms with E-state index in [0.29, 0.717) is 13.0 Å². The normalized spacial score (nSPS) is 19.7. The Morgan fingerprint density at radius 3 is 2.08 bits per heavy atom. The van der Waals surface area contributed by atoms with E-state index in [9.17, 15) is 14.7 Å². The lowest BCUT2D eigenvalue weighted by Gasteiger charge is -2.22. The van der Waals surface area contributed by atoms with Crippen LogP contribution < -0.4 is 0 Å². The van der Waals surface area contributed by atoms with E-state index in [-0.39, 0.29) is 5.97 Å². The summed E-state index contributed by atoms with van der Waals surface area (Å²) in [5.41, 5.74) is 0. The van der Waals surface area contributed by atoms with Gasteiger partial charge in [0.1, 0.15) is 0 Å². The van der Waals surface area contributed by atoms with Gasteiger partial charge in [0.2, 0.25) is 0 Å². The molecule has 0 radical (unpaired) electrons. The molecule has 0 bridgehead atoms. The van der Waals surface area contributed by atoms with Crippen LogP contribution in [0.4, 0.5) is 0 Å². The van der Waals surface area contributed by atoms with E-state index in [0.717, 1.165) is 19.3 Å². The number of carbonyl (C=O) groups is 2. The lowest BCUT2D eigenvalue weighted by molar-refractivity contribution is -0.156. The number of rotatable bonds is 14. The number of hydrogen-bond donors (Lipinski definition) is 1. The van der Waals surface area contributed by atoms with Gasteiger partial charge in [-0.15, -0.1) is 0 Å². The van der Waals surface area contributed by atoms with Gasteiger partial charge < -0.3 is 9.84 Å². The minimum absolute atomic E-state index is 0.379. The molecule has 1 aliphatic rings. The van der Waals surface area contributed by atoms with Crippen molar-refractivity contribution in [2.75, 3.05) is 6.61 Å². The molecule has 0 aliphatic heterocycles. The Labute approximate surface area is 153 Å². The number of hydrogen-bond acceptors (Lipinski definition) is 3. The summed E-state index contributed by atoms with van der Waals surface area (Å²) in [5.74, 6) is -2.52. The van der Waals surface area contributed by atoms with Crippen LogP contribution in [0.15, 0.2) is 12.2 Å². The highest BCUT2D eigenvalue weighted by Crippen LogP contribution is 2.26. The second-order valence-electron chi connectivity index (χ2n) is 7.18. The molecule has 4 heteroatoms. The Kier molecular flexibility index (Phi) is 12.1. The molecule has 0 amide bonds. The average Bonchev–Trinajstić information content (AvgIpc) is 2.62. The van der Waals surface area contributed by atoms with Gasteiger partial charge in [-0.05, 0) is 19.3 Å². The molecule has 25 heavy (non-hydrogen) atoms. The second kappa shape index (κ2) is 13.9. The van der Waals surface area contributed by atoms with E-state index in [4.69, 9.17) is 4.74 Å². The van der Waals surface area contributed by atoms with Crippen molar-refractivity contribution in [3.63, 3.8) is 0 Å². The average molecular weight is 353 g/mol. The molecular weight excluding hydrogens is 316 g/mol. The molecule has 0 aromatic carbocycles. The fourth-order valence-corrected chi connectivity index (χ4v) is 3.39. The Bertz CT molecular complexity index is 403. The molecule has 0 spiro atoms. The summed E-state index contributed by atoms with van der Waals surface area (Å²) in [6.45, 7) is 2.65. The highest BCUT2D eigenvalue weighted by Gasteiger charge is 2.34. The molecule has 4 nitrogen and oxygen atoms in total.